The van der Waals surface area contributed by atoms with Crippen molar-refractivity contribution in [2.75, 3.05) is 25.0 Å². The van der Waals surface area contributed by atoms with Crippen LogP contribution >= 0.6 is 34.3 Å². The van der Waals surface area contributed by atoms with Gasteiger partial charge in [0.15, 0.2) is 5.13 Å². The number of hydrogen-bond acceptors (Lipinski definition) is 6. The Balaban J connectivity index is 1.31. The molecule has 1 aromatic carbocycles. The Morgan fingerprint density at radius 2 is 2.03 bits per heavy atom. The number of nitrogens with one attached hydrogen (secondary N) is 1. The molecule has 1 N–H and O–H groups in total. The summed E-state index contributed by atoms with van der Waals surface area (Å²) in [4.78, 5) is 32.1. The van der Waals surface area contributed by atoms with Crippen LogP contribution in [0.15, 0.2) is 47.2 Å². The van der Waals surface area contributed by atoms with E-state index in [1.807, 2.05) is 47.2 Å². The van der Waals surface area contributed by atoms with Gasteiger partial charge in [0.25, 0.3) is 0 Å². The number of hydrogen-bond donors (Lipinski definition) is 1. The minimum Gasteiger partial charge on any atom is -0.370 e. The molecule has 1 saturated heterocycles. The van der Waals surface area contributed by atoms with Crippen molar-refractivity contribution in [1.29, 1.82) is 0 Å². The number of ether oxygens (including phenoxy) is 1. The van der Waals surface area contributed by atoms with Crippen LogP contribution in [0.2, 0.25) is 5.02 Å². The molecule has 0 bridgehead atoms. The summed E-state index contributed by atoms with van der Waals surface area (Å²) in [7, 11) is 0. The van der Waals surface area contributed by atoms with Crippen molar-refractivity contribution in [2.24, 2.45) is 0 Å². The molecule has 1 unspecified atom stereocenters. The van der Waals surface area contributed by atoms with Crippen LogP contribution in [0.1, 0.15) is 22.2 Å². The fourth-order valence-electron chi connectivity index (χ4n) is 3.20. The molecule has 2 amide bonds. The normalized spacial score (nSPS) is 16.4. The smallest absolute Gasteiger partial charge is 0.231 e. The third-order valence-corrected chi connectivity index (χ3v) is 6.64. The van der Waals surface area contributed by atoms with E-state index >= 15 is 0 Å². The monoisotopic (exact) mass is 461 g/mol. The second-order valence-electron chi connectivity index (χ2n) is 6.88. The van der Waals surface area contributed by atoms with Crippen molar-refractivity contribution in [1.82, 2.24) is 9.88 Å². The average molecular weight is 462 g/mol. The molecule has 0 saturated carbocycles. The van der Waals surface area contributed by atoms with E-state index in [-0.39, 0.29) is 24.3 Å². The Morgan fingerprint density at radius 3 is 2.80 bits per heavy atom. The van der Waals surface area contributed by atoms with Gasteiger partial charge in [-0.1, -0.05) is 29.8 Å². The molecular weight excluding hydrogens is 442 g/mol. The SMILES string of the molecule is O=C(Cc1cccs1)Nc1nc(CC(=O)N2CCOC(c3ccc(Cl)cc3)C2)cs1. The van der Waals surface area contributed by atoms with Crippen LogP contribution in [0.25, 0.3) is 0 Å². The summed E-state index contributed by atoms with van der Waals surface area (Å²) in [6, 6.07) is 11.3. The third-order valence-electron chi connectivity index (χ3n) is 4.71. The third kappa shape index (κ3) is 5.46. The van der Waals surface area contributed by atoms with E-state index in [1.165, 1.54) is 11.3 Å². The fourth-order valence-corrected chi connectivity index (χ4v) is 4.76. The van der Waals surface area contributed by atoms with Crippen LogP contribution in [-0.4, -0.2) is 41.4 Å². The van der Waals surface area contributed by atoms with Gasteiger partial charge in [-0.3, -0.25) is 9.59 Å². The van der Waals surface area contributed by atoms with E-state index in [9.17, 15) is 9.59 Å². The van der Waals surface area contributed by atoms with E-state index in [0.29, 0.717) is 42.0 Å². The summed E-state index contributed by atoms with van der Waals surface area (Å²) in [6.07, 6.45) is 0.359. The Bertz CT molecular complexity index is 1000. The van der Waals surface area contributed by atoms with E-state index in [2.05, 4.69) is 10.3 Å². The number of rotatable bonds is 6. The van der Waals surface area contributed by atoms with Gasteiger partial charge in [0.1, 0.15) is 6.10 Å². The van der Waals surface area contributed by atoms with Gasteiger partial charge < -0.3 is 15.0 Å². The summed E-state index contributed by atoms with van der Waals surface area (Å²) in [5.41, 5.74) is 1.66. The second-order valence-corrected chi connectivity index (χ2v) is 9.20. The molecule has 6 nitrogen and oxygen atoms in total. The van der Waals surface area contributed by atoms with Gasteiger partial charge in [0, 0.05) is 21.8 Å². The summed E-state index contributed by atoms with van der Waals surface area (Å²) in [5, 5.41) is 7.75. The van der Waals surface area contributed by atoms with Gasteiger partial charge in [-0.2, -0.15) is 0 Å². The molecule has 1 aliphatic rings. The maximum Gasteiger partial charge on any atom is 0.231 e. The lowest BCUT2D eigenvalue weighted by Crippen LogP contribution is -2.43. The lowest BCUT2D eigenvalue weighted by molar-refractivity contribution is -0.138. The van der Waals surface area contributed by atoms with Crippen LogP contribution in [0.3, 0.4) is 0 Å². The van der Waals surface area contributed by atoms with Crippen molar-refractivity contribution in [3.05, 3.63) is 68.3 Å². The van der Waals surface area contributed by atoms with Crippen molar-refractivity contribution in [3.8, 4) is 0 Å². The quantitative estimate of drug-likeness (QED) is 0.597. The molecule has 3 aromatic rings. The Morgan fingerprint density at radius 1 is 1.20 bits per heavy atom. The first-order valence-corrected chi connectivity index (χ1v) is 11.6. The van der Waals surface area contributed by atoms with Crippen LogP contribution in [0, 0.1) is 0 Å². The number of carbonyl (C=O) groups is 2. The van der Waals surface area contributed by atoms with E-state index < -0.39 is 0 Å². The zero-order valence-corrected chi connectivity index (χ0v) is 18.4. The minimum atomic E-state index is -0.164. The lowest BCUT2D eigenvalue weighted by atomic mass is 10.1. The van der Waals surface area contributed by atoms with E-state index in [4.69, 9.17) is 16.3 Å². The molecule has 2 aromatic heterocycles. The number of morpholine rings is 1. The second kappa shape index (κ2) is 9.70. The largest absolute Gasteiger partial charge is 0.370 e. The number of halogens is 1. The molecule has 4 rings (SSSR count). The highest BCUT2D eigenvalue weighted by molar-refractivity contribution is 7.14. The number of carbonyl (C=O) groups excluding carboxylic acids is 2. The fraction of sp³-hybridized carbons (Fsp3) is 0.286. The van der Waals surface area contributed by atoms with Gasteiger partial charge in [0.2, 0.25) is 11.8 Å². The van der Waals surface area contributed by atoms with Gasteiger partial charge in [-0.15, -0.1) is 22.7 Å². The number of thiazole rings is 1. The Kier molecular flexibility index (Phi) is 6.79. The highest BCUT2D eigenvalue weighted by Crippen LogP contribution is 2.24. The van der Waals surface area contributed by atoms with Crippen LogP contribution in [0.4, 0.5) is 5.13 Å². The molecule has 1 fully saturated rings. The predicted molar refractivity (Wildman–Crippen MR) is 119 cm³/mol. The first-order chi connectivity index (χ1) is 14.6. The van der Waals surface area contributed by atoms with Gasteiger partial charge in [-0.05, 0) is 29.1 Å². The molecule has 1 atom stereocenters. The molecule has 3 heterocycles. The van der Waals surface area contributed by atoms with Gasteiger partial charge in [0.05, 0.1) is 31.7 Å². The Labute approximate surface area is 187 Å². The molecule has 156 valence electrons. The highest BCUT2D eigenvalue weighted by Gasteiger charge is 2.26. The first kappa shape index (κ1) is 21.0. The maximum atomic E-state index is 12.8. The van der Waals surface area contributed by atoms with Crippen LogP contribution in [0.5, 0.6) is 0 Å². The van der Waals surface area contributed by atoms with E-state index in [0.717, 1.165) is 10.4 Å². The maximum absolute atomic E-state index is 12.8. The lowest BCUT2D eigenvalue weighted by Gasteiger charge is -2.33. The number of benzene rings is 1. The standard InChI is InChI=1S/C21H20ClN3O3S2/c22-15-5-3-14(4-6-15)18-12-25(7-8-28-18)20(27)10-16-13-30-21(23-16)24-19(26)11-17-2-1-9-29-17/h1-6,9,13,18H,7-8,10-12H2,(H,23,24,26). The first-order valence-electron chi connectivity index (χ1n) is 9.48. The summed E-state index contributed by atoms with van der Waals surface area (Å²) < 4.78 is 5.83. The molecule has 0 spiro atoms. The molecule has 0 radical (unpaired) electrons. The van der Waals surface area contributed by atoms with Gasteiger partial charge >= 0.3 is 0 Å². The number of amides is 2. The predicted octanol–water partition coefficient (Wildman–Crippen LogP) is 4.18. The molecule has 9 heteroatoms. The number of thiophene rings is 1. The summed E-state index contributed by atoms with van der Waals surface area (Å²) >= 11 is 8.83. The molecule has 1 aliphatic heterocycles. The zero-order chi connectivity index (χ0) is 20.9. The zero-order valence-electron chi connectivity index (χ0n) is 16.0. The molecule has 0 aliphatic carbocycles. The van der Waals surface area contributed by atoms with E-state index in [1.54, 1.807) is 16.2 Å². The number of anilines is 1. The van der Waals surface area contributed by atoms with Crippen molar-refractivity contribution in [3.63, 3.8) is 0 Å². The van der Waals surface area contributed by atoms with Gasteiger partial charge in [-0.25, -0.2) is 4.98 Å². The minimum absolute atomic E-state index is 0.000902. The topological polar surface area (TPSA) is 71.5 Å². The number of aromatic nitrogens is 1. The average Bonchev–Trinajstić information content (AvgIpc) is 3.41. The van der Waals surface area contributed by atoms with Crippen molar-refractivity contribution in [2.45, 2.75) is 18.9 Å². The molecule has 30 heavy (non-hydrogen) atoms. The van der Waals surface area contributed by atoms with Crippen molar-refractivity contribution >= 4 is 51.2 Å². The number of nitrogens with zero attached hydrogens (tertiary/aromatic N) is 2. The van der Waals surface area contributed by atoms with Crippen molar-refractivity contribution < 1.29 is 14.3 Å². The van der Waals surface area contributed by atoms with Crippen LogP contribution in [-0.2, 0) is 27.2 Å². The summed E-state index contributed by atoms with van der Waals surface area (Å²) in [5.74, 6) is -0.109. The van der Waals surface area contributed by atoms with Crippen LogP contribution < -0.4 is 5.32 Å². The molecular formula is C21H20ClN3O3S2. The Hall–Kier alpha value is -2.26. The summed E-state index contributed by atoms with van der Waals surface area (Å²) in [6.45, 7) is 1.53. The highest BCUT2D eigenvalue weighted by atomic mass is 35.5.